The molecule has 0 radical (unpaired) electrons. The van der Waals surface area contributed by atoms with Crippen molar-refractivity contribution in [3.05, 3.63) is 27.1 Å². The average Bonchev–Trinajstić information content (AvgIpc) is 2.27. The lowest BCUT2D eigenvalue weighted by Crippen LogP contribution is -1.69. The molecule has 0 aliphatic carbocycles. The summed E-state index contributed by atoms with van der Waals surface area (Å²) in [6.45, 7) is 0. The molecule has 0 unspecified atom stereocenters. The van der Waals surface area contributed by atoms with Gasteiger partial charge in [-0.15, -0.1) is 11.3 Å². The van der Waals surface area contributed by atoms with Crippen LogP contribution < -0.4 is 0 Å². The van der Waals surface area contributed by atoms with Gasteiger partial charge in [-0.25, -0.2) is 0 Å². The van der Waals surface area contributed by atoms with Crippen LogP contribution in [0.3, 0.4) is 0 Å². The molecule has 4 heteroatoms. The van der Waals surface area contributed by atoms with E-state index >= 15 is 0 Å². The molecule has 0 bridgehead atoms. The molecular formula is C7H3BrClNS. The van der Waals surface area contributed by atoms with E-state index in [2.05, 4.69) is 20.9 Å². The van der Waals surface area contributed by atoms with E-state index in [0.717, 1.165) is 14.0 Å². The highest BCUT2D eigenvalue weighted by Crippen LogP contribution is 2.29. The van der Waals surface area contributed by atoms with Gasteiger partial charge in [-0.3, -0.25) is 4.98 Å². The quantitative estimate of drug-likeness (QED) is 0.692. The molecule has 0 saturated carbocycles. The molecule has 1 nitrogen and oxygen atoms in total. The van der Waals surface area contributed by atoms with E-state index in [1.165, 1.54) is 0 Å². The third kappa shape index (κ3) is 1.41. The monoisotopic (exact) mass is 247 g/mol. The molecule has 0 spiro atoms. The number of fused-ring (bicyclic) bond motifs is 1. The number of hydrogen-bond donors (Lipinski definition) is 0. The van der Waals surface area contributed by atoms with E-state index in [1.54, 1.807) is 17.5 Å². The summed E-state index contributed by atoms with van der Waals surface area (Å²) < 4.78 is 2.20. The SMILES string of the molecule is Clc1cnc2cc(Br)sc2c1. The van der Waals surface area contributed by atoms with Crippen molar-refractivity contribution in [2.45, 2.75) is 0 Å². The summed E-state index contributed by atoms with van der Waals surface area (Å²) in [7, 11) is 0. The molecule has 0 fully saturated rings. The van der Waals surface area contributed by atoms with Gasteiger partial charge in [0.15, 0.2) is 0 Å². The first-order valence-electron chi connectivity index (χ1n) is 2.96. The van der Waals surface area contributed by atoms with Crippen LogP contribution in [0, 0.1) is 0 Å². The number of hydrogen-bond acceptors (Lipinski definition) is 2. The van der Waals surface area contributed by atoms with E-state index in [-0.39, 0.29) is 0 Å². The second kappa shape index (κ2) is 2.73. The summed E-state index contributed by atoms with van der Waals surface area (Å²) in [5, 5.41) is 0.687. The number of halogens is 2. The molecule has 11 heavy (non-hydrogen) atoms. The molecule has 0 aliphatic heterocycles. The molecule has 56 valence electrons. The first-order valence-corrected chi connectivity index (χ1v) is 4.95. The third-order valence-electron chi connectivity index (χ3n) is 1.31. The summed E-state index contributed by atoms with van der Waals surface area (Å²) >= 11 is 10.8. The number of nitrogens with zero attached hydrogens (tertiary/aromatic N) is 1. The predicted molar refractivity (Wildman–Crippen MR) is 52.3 cm³/mol. The zero-order valence-corrected chi connectivity index (χ0v) is 8.50. The molecular weight excluding hydrogens is 246 g/mol. The Morgan fingerprint density at radius 3 is 3.09 bits per heavy atom. The van der Waals surface area contributed by atoms with Gasteiger partial charge in [0.05, 0.1) is 19.0 Å². The van der Waals surface area contributed by atoms with Crippen LogP contribution in [0.1, 0.15) is 0 Å². The number of pyridine rings is 1. The van der Waals surface area contributed by atoms with E-state index < -0.39 is 0 Å². The molecule has 2 aromatic rings. The van der Waals surface area contributed by atoms with Gasteiger partial charge >= 0.3 is 0 Å². The van der Waals surface area contributed by atoms with Crippen LogP contribution in [0.5, 0.6) is 0 Å². The molecule has 0 aromatic carbocycles. The second-order valence-corrected chi connectivity index (χ2v) is 4.99. The minimum atomic E-state index is 0.687. The van der Waals surface area contributed by atoms with E-state index in [9.17, 15) is 0 Å². The van der Waals surface area contributed by atoms with Gasteiger partial charge in [0.2, 0.25) is 0 Å². The van der Waals surface area contributed by atoms with Crippen LogP contribution >= 0.6 is 38.9 Å². The minimum absolute atomic E-state index is 0.687. The van der Waals surface area contributed by atoms with Gasteiger partial charge < -0.3 is 0 Å². The Bertz CT molecular complexity index is 398. The zero-order valence-electron chi connectivity index (χ0n) is 5.34. The normalized spacial score (nSPS) is 10.7. The Labute approximate surface area is 81.1 Å². The van der Waals surface area contributed by atoms with Gasteiger partial charge in [-0.05, 0) is 28.1 Å². The van der Waals surface area contributed by atoms with Crippen LogP contribution in [0.2, 0.25) is 5.02 Å². The second-order valence-electron chi connectivity index (χ2n) is 2.09. The standard InChI is InChI=1S/C7H3BrClNS/c8-7-2-5-6(11-7)1-4(9)3-10-5/h1-3H. The molecule has 2 rings (SSSR count). The number of thiophene rings is 1. The zero-order chi connectivity index (χ0) is 7.84. The van der Waals surface area contributed by atoms with Crippen molar-refractivity contribution in [2.75, 3.05) is 0 Å². The first kappa shape index (κ1) is 7.53. The van der Waals surface area contributed by atoms with Gasteiger partial charge in [-0.1, -0.05) is 11.6 Å². The first-order chi connectivity index (χ1) is 5.25. The van der Waals surface area contributed by atoms with E-state index in [0.29, 0.717) is 5.02 Å². The molecule has 2 aromatic heterocycles. The third-order valence-corrected chi connectivity index (χ3v) is 3.09. The molecule has 0 saturated heterocycles. The van der Waals surface area contributed by atoms with Crippen LogP contribution in [-0.4, -0.2) is 4.98 Å². The Morgan fingerprint density at radius 1 is 1.45 bits per heavy atom. The highest BCUT2D eigenvalue weighted by atomic mass is 79.9. The molecule has 0 amide bonds. The Morgan fingerprint density at radius 2 is 2.27 bits per heavy atom. The maximum Gasteiger partial charge on any atom is 0.0822 e. The predicted octanol–water partition coefficient (Wildman–Crippen LogP) is 3.71. The fourth-order valence-electron chi connectivity index (χ4n) is 0.863. The minimum Gasteiger partial charge on any atom is -0.254 e. The summed E-state index contributed by atoms with van der Waals surface area (Å²) in [5.74, 6) is 0. The van der Waals surface area contributed by atoms with Gasteiger partial charge in [0, 0.05) is 6.20 Å². The van der Waals surface area contributed by atoms with Gasteiger partial charge in [-0.2, -0.15) is 0 Å². The summed E-state index contributed by atoms with van der Waals surface area (Å²) in [6, 6.07) is 3.90. The van der Waals surface area contributed by atoms with Crippen LogP contribution in [0.25, 0.3) is 10.2 Å². The molecule has 0 atom stereocenters. The Kier molecular flexibility index (Phi) is 1.87. The van der Waals surface area contributed by atoms with Crippen LogP contribution in [0.15, 0.2) is 22.1 Å². The van der Waals surface area contributed by atoms with Crippen LogP contribution in [0.4, 0.5) is 0 Å². The van der Waals surface area contributed by atoms with Crippen molar-refractivity contribution in [3.8, 4) is 0 Å². The highest BCUT2D eigenvalue weighted by Gasteiger charge is 1.99. The maximum absolute atomic E-state index is 5.76. The van der Waals surface area contributed by atoms with Crippen molar-refractivity contribution >= 4 is 49.1 Å². The lowest BCUT2D eigenvalue weighted by atomic mass is 10.4. The van der Waals surface area contributed by atoms with E-state index in [1.807, 2.05) is 12.1 Å². The van der Waals surface area contributed by atoms with Crippen molar-refractivity contribution < 1.29 is 0 Å². The number of aromatic nitrogens is 1. The highest BCUT2D eigenvalue weighted by molar-refractivity contribution is 9.11. The maximum atomic E-state index is 5.76. The molecule has 0 N–H and O–H groups in total. The summed E-state index contributed by atoms with van der Waals surface area (Å²) in [4.78, 5) is 4.15. The largest absolute Gasteiger partial charge is 0.254 e. The summed E-state index contributed by atoms with van der Waals surface area (Å²) in [6.07, 6.45) is 1.66. The lowest BCUT2D eigenvalue weighted by molar-refractivity contribution is 1.43. The Balaban J connectivity index is 2.82. The molecule has 0 aliphatic rings. The smallest absolute Gasteiger partial charge is 0.0822 e. The lowest BCUT2D eigenvalue weighted by Gasteiger charge is -1.87. The van der Waals surface area contributed by atoms with E-state index in [4.69, 9.17) is 11.6 Å². The van der Waals surface area contributed by atoms with Gasteiger partial charge in [0.25, 0.3) is 0 Å². The fraction of sp³-hybridized carbons (Fsp3) is 0. The summed E-state index contributed by atoms with van der Waals surface area (Å²) in [5.41, 5.74) is 0.992. The van der Waals surface area contributed by atoms with Gasteiger partial charge in [0.1, 0.15) is 0 Å². The number of rotatable bonds is 0. The fourth-order valence-corrected chi connectivity index (χ4v) is 2.61. The van der Waals surface area contributed by atoms with Crippen molar-refractivity contribution in [1.82, 2.24) is 4.98 Å². The van der Waals surface area contributed by atoms with Crippen molar-refractivity contribution in [3.63, 3.8) is 0 Å². The van der Waals surface area contributed by atoms with Crippen molar-refractivity contribution in [1.29, 1.82) is 0 Å². The Hall–Kier alpha value is -0.120. The average molecular weight is 249 g/mol. The van der Waals surface area contributed by atoms with Crippen LogP contribution in [-0.2, 0) is 0 Å². The molecule has 2 heterocycles. The topological polar surface area (TPSA) is 12.9 Å². The van der Waals surface area contributed by atoms with Crippen molar-refractivity contribution in [2.24, 2.45) is 0 Å².